The first-order chi connectivity index (χ1) is 6.72. The average molecular weight is 193 g/mol. The van der Waals surface area contributed by atoms with E-state index in [1.807, 2.05) is 0 Å². The molecule has 0 bridgehead atoms. The fraction of sp³-hybridized carbons (Fsp3) is 0.727. The van der Waals surface area contributed by atoms with Crippen LogP contribution in [0.5, 0.6) is 0 Å². The van der Waals surface area contributed by atoms with E-state index in [4.69, 9.17) is 5.73 Å². The highest BCUT2D eigenvalue weighted by Crippen LogP contribution is 2.20. The number of nitrogens with two attached hydrogens (primary N) is 1. The molecule has 2 N–H and O–H groups in total. The third-order valence-electron chi connectivity index (χ3n) is 3.00. The van der Waals surface area contributed by atoms with Gasteiger partial charge >= 0.3 is 0 Å². The van der Waals surface area contributed by atoms with Gasteiger partial charge in [-0.25, -0.2) is 4.98 Å². The lowest BCUT2D eigenvalue weighted by atomic mass is 10.0. The number of imidazole rings is 1. The Kier molecular flexibility index (Phi) is 2.59. The van der Waals surface area contributed by atoms with Crippen LogP contribution in [0.25, 0.3) is 0 Å². The van der Waals surface area contributed by atoms with E-state index in [0.717, 1.165) is 31.6 Å². The lowest BCUT2D eigenvalue weighted by Gasteiger charge is -2.22. The second-order valence-electron chi connectivity index (χ2n) is 4.21. The van der Waals surface area contributed by atoms with Crippen LogP contribution in [0.2, 0.25) is 0 Å². The third kappa shape index (κ3) is 1.57. The zero-order valence-corrected chi connectivity index (χ0v) is 9.08. The number of hydrogen-bond acceptors (Lipinski definition) is 2. The van der Waals surface area contributed by atoms with E-state index in [9.17, 15) is 0 Å². The number of aromatic nitrogens is 2. The average Bonchev–Trinajstić information content (AvgIpc) is 2.44. The normalized spacial score (nSPS) is 20.9. The summed E-state index contributed by atoms with van der Waals surface area (Å²) in [7, 11) is 0. The van der Waals surface area contributed by atoms with Crippen LogP contribution in [0, 0.1) is 6.92 Å². The van der Waals surface area contributed by atoms with Crippen LogP contribution >= 0.6 is 0 Å². The van der Waals surface area contributed by atoms with Crippen LogP contribution < -0.4 is 5.73 Å². The first kappa shape index (κ1) is 9.71. The van der Waals surface area contributed by atoms with E-state index in [-0.39, 0.29) is 0 Å². The van der Waals surface area contributed by atoms with Crippen molar-refractivity contribution in [1.29, 1.82) is 0 Å². The predicted octanol–water partition coefficient (Wildman–Crippen LogP) is 1.42. The molecular formula is C11H19N3. The number of nitrogens with zero attached hydrogens (tertiary/aromatic N) is 2. The molecule has 0 saturated heterocycles. The summed E-state index contributed by atoms with van der Waals surface area (Å²) in [5.41, 5.74) is 8.69. The van der Waals surface area contributed by atoms with Crippen LogP contribution in [0.3, 0.4) is 0 Å². The molecule has 78 valence electrons. The van der Waals surface area contributed by atoms with E-state index in [0.29, 0.717) is 6.04 Å². The Labute approximate surface area is 85.3 Å². The minimum Gasteiger partial charge on any atom is -0.330 e. The van der Waals surface area contributed by atoms with Crippen molar-refractivity contribution in [3.05, 3.63) is 17.2 Å². The molecule has 0 aromatic carbocycles. The molecule has 1 aliphatic heterocycles. The lowest BCUT2D eigenvalue weighted by molar-refractivity contribution is 0.452. The molecule has 3 heteroatoms. The van der Waals surface area contributed by atoms with Gasteiger partial charge in [0.05, 0.1) is 5.69 Å². The number of aryl methyl sites for hydroxylation is 2. The van der Waals surface area contributed by atoms with Gasteiger partial charge in [0.25, 0.3) is 0 Å². The van der Waals surface area contributed by atoms with Crippen molar-refractivity contribution in [1.82, 2.24) is 9.55 Å². The van der Waals surface area contributed by atoms with E-state index in [2.05, 4.69) is 23.4 Å². The van der Waals surface area contributed by atoms with Gasteiger partial charge in [-0.3, -0.25) is 0 Å². The van der Waals surface area contributed by atoms with Gasteiger partial charge in [0.15, 0.2) is 0 Å². The summed E-state index contributed by atoms with van der Waals surface area (Å²) in [6.07, 6.45) is 4.51. The quantitative estimate of drug-likeness (QED) is 0.772. The Morgan fingerprint density at radius 2 is 2.36 bits per heavy atom. The first-order valence-corrected chi connectivity index (χ1v) is 5.52. The molecule has 0 radical (unpaired) electrons. The van der Waals surface area contributed by atoms with Gasteiger partial charge in [-0.15, -0.1) is 0 Å². The Morgan fingerprint density at radius 3 is 3.07 bits per heavy atom. The fourth-order valence-corrected chi connectivity index (χ4v) is 2.28. The molecule has 1 atom stereocenters. The van der Waals surface area contributed by atoms with Gasteiger partial charge in [-0.2, -0.15) is 0 Å². The molecule has 0 spiro atoms. The maximum absolute atomic E-state index is 5.95. The van der Waals surface area contributed by atoms with Crippen molar-refractivity contribution in [3.63, 3.8) is 0 Å². The molecule has 1 aliphatic rings. The summed E-state index contributed by atoms with van der Waals surface area (Å²) in [5, 5.41) is 0. The second-order valence-corrected chi connectivity index (χ2v) is 4.21. The lowest BCUT2D eigenvalue weighted by Crippen LogP contribution is -2.32. The number of rotatable bonds is 2. The van der Waals surface area contributed by atoms with Crippen molar-refractivity contribution in [3.8, 4) is 0 Å². The molecule has 0 amide bonds. The number of hydrogen-bond donors (Lipinski definition) is 1. The Morgan fingerprint density at radius 1 is 1.57 bits per heavy atom. The smallest absolute Gasteiger partial charge is 0.106 e. The molecule has 2 rings (SSSR count). The Bertz CT molecular complexity index is 328. The maximum Gasteiger partial charge on any atom is 0.106 e. The van der Waals surface area contributed by atoms with Crippen LogP contribution in [0.4, 0.5) is 0 Å². The van der Waals surface area contributed by atoms with Crippen molar-refractivity contribution in [2.45, 2.75) is 52.1 Å². The zero-order chi connectivity index (χ0) is 10.1. The summed E-state index contributed by atoms with van der Waals surface area (Å²) in [5.74, 6) is 1.14. The molecule has 0 saturated carbocycles. The molecule has 1 aromatic rings. The summed E-state index contributed by atoms with van der Waals surface area (Å²) in [6.45, 7) is 5.24. The van der Waals surface area contributed by atoms with Gasteiger partial charge in [0, 0.05) is 18.3 Å². The van der Waals surface area contributed by atoms with E-state index < -0.39 is 0 Å². The van der Waals surface area contributed by atoms with E-state index >= 15 is 0 Å². The molecule has 1 aromatic heterocycles. The van der Waals surface area contributed by atoms with Gasteiger partial charge < -0.3 is 10.3 Å². The Hall–Kier alpha value is -0.830. The summed E-state index contributed by atoms with van der Waals surface area (Å²) in [4.78, 5) is 4.62. The zero-order valence-electron chi connectivity index (χ0n) is 9.08. The summed E-state index contributed by atoms with van der Waals surface area (Å²) < 4.78 is 2.30. The molecule has 1 unspecified atom stereocenters. The molecule has 2 heterocycles. The van der Waals surface area contributed by atoms with Gasteiger partial charge in [-0.1, -0.05) is 13.3 Å². The minimum absolute atomic E-state index is 0.324. The predicted molar refractivity (Wildman–Crippen MR) is 57.3 cm³/mol. The SMILES string of the molecule is CCCc1nc(C)n2c1CCC(N)C2. The fourth-order valence-electron chi connectivity index (χ4n) is 2.28. The molecule has 0 aliphatic carbocycles. The highest BCUT2D eigenvalue weighted by atomic mass is 15.1. The molecular weight excluding hydrogens is 174 g/mol. The molecule has 3 nitrogen and oxygen atoms in total. The Balaban J connectivity index is 2.33. The third-order valence-corrected chi connectivity index (χ3v) is 3.00. The minimum atomic E-state index is 0.324. The second kappa shape index (κ2) is 3.73. The largest absolute Gasteiger partial charge is 0.330 e. The standard InChI is InChI=1S/C11H19N3/c1-3-4-10-11-6-5-9(12)7-14(11)8(2)13-10/h9H,3-7,12H2,1-2H3. The van der Waals surface area contributed by atoms with Crippen LogP contribution in [0.1, 0.15) is 37.0 Å². The monoisotopic (exact) mass is 193 g/mol. The van der Waals surface area contributed by atoms with Gasteiger partial charge in [0.1, 0.15) is 5.82 Å². The number of fused-ring (bicyclic) bond motifs is 1. The summed E-state index contributed by atoms with van der Waals surface area (Å²) in [6, 6.07) is 0.324. The van der Waals surface area contributed by atoms with Crippen molar-refractivity contribution in [2.75, 3.05) is 0 Å². The highest BCUT2D eigenvalue weighted by Gasteiger charge is 2.20. The van der Waals surface area contributed by atoms with E-state index in [1.54, 1.807) is 0 Å². The van der Waals surface area contributed by atoms with Gasteiger partial charge in [-0.05, 0) is 26.2 Å². The maximum atomic E-state index is 5.95. The topological polar surface area (TPSA) is 43.8 Å². The van der Waals surface area contributed by atoms with Crippen molar-refractivity contribution < 1.29 is 0 Å². The van der Waals surface area contributed by atoms with Crippen molar-refractivity contribution in [2.24, 2.45) is 5.73 Å². The molecule has 0 fully saturated rings. The van der Waals surface area contributed by atoms with Crippen LogP contribution in [-0.2, 0) is 19.4 Å². The summed E-state index contributed by atoms with van der Waals surface area (Å²) >= 11 is 0. The van der Waals surface area contributed by atoms with Crippen LogP contribution in [0.15, 0.2) is 0 Å². The highest BCUT2D eigenvalue weighted by molar-refractivity contribution is 5.19. The first-order valence-electron chi connectivity index (χ1n) is 5.52. The molecule has 14 heavy (non-hydrogen) atoms. The van der Waals surface area contributed by atoms with Gasteiger partial charge in [0.2, 0.25) is 0 Å². The van der Waals surface area contributed by atoms with E-state index in [1.165, 1.54) is 17.8 Å². The van der Waals surface area contributed by atoms with Crippen molar-refractivity contribution >= 4 is 0 Å². The van der Waals surface area contributed by atoms with Crippen LogP contribution in [-0.4, -0.2) is 15.6 Å².